The van der Waals surface area contributed by atoms with Gasteiger partial charge in [0.05, 0.1) is 19.9 Å². The van der Waals surface area contributed by atoms with E-state index in [0.29, 0.717) is 13.2 Å². The molecule has 0 aliphatic rings. The molecule has 0 radical (unpaired) electrons. The predicted octanol–water partition coefficient (Wildman–Crippen LogP) is 4.15. The molecule has 0 aliphatic heterocycles. The minimum Gasteiger partial charge on any atom is -0.496 e. The second-order valence-corrected chi connectivity index (χ2v) is 5.60. The average Bonchev–Trinajstić information content (AvgIpc) is 2.58. The SMILES string of the molecule is C=CCOc1ccc(Br)cc1/C=N/NCc1ccccc1OC. The van der Waals surface area contributed by atoms with Crippen LogP contribution in [0.2, 0.25) is 0 Å². The first-order valence-electron chi connectivity index (χ1n) is 7.15. The van der Waals surface area contributed by atoms with Crippen molar-refractivity contribution in [3.63, 3.8) is 0 Å². The lowest BCUT2D eigenvalue weighted by molar-refractivity contribution is 0.362. The summed E-state index contributed by atoms with van der Waals surface area (Å²) in [4.78, 5) is 0. The molecule has 0 aliphatic carbocycles. The third-order valence-corrected chi connectivity index (χ3v) is 3.58. The molecule has 0 spiro atoms. The van der Waals surface area contributed by atoms with Crippen LogP contribution in [0, 0.1) is 0 Å². The van der Waals surface area contributed by atoms with E-state index in [-0.39, 0.29) is 0 Å². The number of nitrogens with one attached hydrogen (secondary N) is 1. The number of hydrogen-bond donors (Lipinski definition) is 1. The number of hydrazone groups is 1. The molecule has 0 saturated carbocycles. The monoisotopic (exact) mass is 374 g/mol. The van der Waals surface area contributed by atoms with Gasteiger partial charge in [0.2, 0.25) is 0 Å². The minimum atomic E-state index is 0.455. The van der Waals surface area contributed by atoms with Gasteiger partial charge in [0.15, 0.2) is 0 Å². The molecular weight excluding hydrogens is 356 g/mol. The number of benzene rings is 2. The van der Waals surface area contributed by atoms with Gasteiger partial charge in [0, 0.05) is 15.6 Å². The van der Waals surface area contributed by atoms with Crippen LogP contribution < -0.4 is 14.9 Å². The number of methoxy groups -OCH3 is 1. The maximum atomic E-state index is 5.62. The number of para-hydroxylation sites is 1. The molecule has 1 N–H and O–H groups in total. The normalized spacial score (nSPS) is 10.5. The molecule has 0 aromatic heterocycles. The Labute approximate surface area is 144 Å². The Morgan fingerprint density at radius 2 is 2.04 bits per heavy atom. The van der Waals surface area contributed by atoms with Crippen molar-refractivity contribution < 1.29 is 9.47 Å². The highest BCUT2D eigenvalue weighted by atomic mass is 79.9. The Kier molecular flexibility index (Phi) is 6.69. The zero-order valence-corrected chi connectivity index (χ0v) is 14.5. The second-order valence-electron chi connectivity index (χ2n) is 4.69. The molecule has 0 heterocycles. The van der Waals surface area contributed by atoms with Crippen molar-refractivity contribution >= 4 is 22.1 Å². The third kappa shape index (κ3) is 5.14. The fraction of sp³-hybridized carbons (Fsp3) is 0.167. The summed E-state index contributed by atoms with van der Waals surface area (Å²) in [5.74, 6) is 1.60. The van der Waals surface area contributed by atoms with Gasteiger partial charge < -0.3 is 14.9 Å². The first kappa shape index (κ1) is 17.1. The fourth-order valence-electron chi connectivity index (χ4n) is 2.00. The van der Waals surface area contributed by atoms with E-state index in [1.165, 1.54) is 0 Å². The topological polar surface area (TPSA) is 42.8 Å². The average molecular weight is 375 g/mol. The van der Waals surface area contributed by atoms with Crippen LogP contribution in [0.25, 0.3) is 0 Å². The highest BCUT2D eigenvalue weighted by molar-refractivity contribution is 9.10. The number of halogens is 1. The third-order valence-electron chi connectivity index (χ3n) is 3.09. The van der Waals surface area contributed by atoms with Gasteiger partial charge in [-0.15, -0.1) is 0 Å². The Morgan fingerprint density at radius 1 is 1.22 bits per heavy atom. The molecule has 0 amide bonds. The number of hydrogen-bond acceptors (Lipinski definition) is 4. The summed E-state index contributed by atoms with van der Waals surface area (Å²) in [6.45, 7) is 4.69. The van der Waals surface area contributed by atoms with Crippen LogP contribution in [0.4, 0.5) is 0 Å². The summed E-state index contributed by atoms with van der Waals surface area (Å²) in [5, 5.41) is 4.26. The van der Waals surface area contributed by atoms with E-state index in [1.807, 2.05) is 42.5 Å². The van der Waals surface area contributed by atoms with Gasteiger partial charge in [0.25, 0.3) is 0 Å². The zero-order valence-electron chi connectivity index (χ0n) is 13.0. The first-order valence-corrected chi connectivity index (χ1v) is 7.95. The van der Waals surface area contributed by atoms with Crippen LogP contribution in [0.15, 0.2) is 64.7 Å². The maximum Gasteiger partial charge on any atom is 0.128 e. The molecule has 2 rings (SSSR count). The molecule has 4 nitrogen and oxygen atoms in total. The van der Waals surface area contributed by atoms with E-state index in [1.54, 1.807) is 19.4 Å². The van der Waals surface area contributed by atoms with Gasteiger partial charge in [-0.2, -0.15) is 5.10 Å². The smallest absolute Gasteiger partial charge is 0.128 e. The van der Waals surface area contributed by atoms with Crippen molar-refractivity contribution in [2.75, 3.05) is 13.7 Å². The molecule has 0 saturated heterocycles. The van der Waals surface area contributed by atoms with Crippen LogP contribution >= 0.6 is 15.9 Å². The maximum absolute atomic E-state index is 5.62. The van der Waals surface area contributed by atoms with Crippen LogP contribution in [0.5, 0.6) is 11.5 Å². The molecular formula is C18H19BrN2O2. The van der Waals surface area contributed by atoms with Crippen LogP contribution in [-0.4, -0.2) is 19.9 Å². The predicted molar refractivity (Wildman–Crippen MR) is 97.3 cm³/mol. The number of ether oxygens (including phenoxy) is 2. The Bertz CT molecular complexity index is 686. The van der Waals surface area contributed by atoms with Gasteiger partial charge in [-0.3, -0.25) is 0 Å². The van der Waals surface area contributed by atoms with E-state index in [2.05, 4.69) is 33.0 Å². The molecule has 120 valence electrons. The van der Waals surface area contributed by atoms with Crippen molar-refractivity contribution in [3.8, 4) is 11.5 Å². The lowest BCUT2D eigenvalue weighted by atomic mass is 10.2. The standard InChI is InChI=1S/C18H19BrN2O2/c1-3-10-23-18-9-8-16(19)11-15(18)13-21-20-12-14-6-4-5-7-17(14)22-2/h3-9,11,13,20H,1,10,12H2,2H3/b21-13+. The molecule has 23 heavy (non-hydrogen) atoms. The van der Waals surface area contributed by atoms with Gasteiger partial charge >= 0.3 is 0 Å². The first-order chi connectivity index (χ1) is 11.2. The summed E-state index contributed by atoms with van der Waals surface area (Å²) in [6.07, 6.45) is 3.45. The van der Waals surface area contributed by atoms with E-state index >= 15 is 0 Å². The number of rotatable bonds is 8. The highest BCUT2D eigenvalue weighted by Crippen LogP contribution is 2.22. The molecule has 5 heteroatoms. The Hall–Kier alpha value is -2.27. The summed E-state index contributed by atoms with van der Waals surface area (Å²) in [5.41, 5.74) is 4.96. The quantitative estimate of drug-likeness (QED) is 0.428. The van der Waals surface area contributed by atoms with Crippen LogP contribution in [-0.2, 0) is 6.54 Å². The fourth-order valence-corrected chi connectivity index (χ4v) is 2.37. The second kappa shape index (κ2) is 9.00. The molecule has 0 fully saturated rings. The zero-order chi connectivity index (χ0) is 16.5. The van der Waals surface area contributed by atoms with E-state index < -0.39 is 0 Å². The largest absolute Gasteiger partial charge is 0.496 e. The van der Waals surface area contributed by atoms with E-state index in [4.69, 9.17) is 9.47 Å². The molecule has 2 aromatic carbocycles. The van der Waals surface area contributed by atoms with Gasteiger partial charge in [-0.25, -0.2) is 0 Å². The summed E-state index contributed by atoms with van der Waals surface area (Å²) in [7, 11) is 1.66. The van der Waals surface area contributed by atoms with E-state index in [0.717, 1.165) is 27.1 Å². The Balaban J connectivity index is 2.02. The van der Waals surface area contributed by atoms with Gasteiger partial charge in [0.1, 0.15) is 18.1 Å². The lowest BCUT2D eigenvalue weighted by Gasteiger charge is -2.08. The summed E-state index contributed by atoms with van der Waals surface area (Å²) < 4.78 is 11.9. The van der Waals surface area contributed by atoms with Crippen LogP contribution in [0.3, 0.4) is 0 Å². The minimum absolute atomic E-state index is 0.455. The van der Waals surface area contributed by atoms with Gasteiger partial charge in [-0.05, 0) is 24.3 Å². The molecule has 0 bridgehead atoms. The molecule has 0 atom stereocenters. The van der Waals surface area contributed by atoms with E-state index in [9.17, 15) is 0 Å². The highest BCUT2D eigenvalue weighted by Gasteiger charge is 2.03. The van der Waals surface area contributed by atoms with Crippen molar-refractivity contribution in [3.05, 3.63) is 70.7 Å². The van der Waals surface area contributed by atoms with Crippen molar-refractivity contribution in [1.29, 1.82) is 0 Å². The van der Waals surface area contributed by atoms with Crippen molar-refractivity contribution in [2.24, 2.45) is 5.10 Å². The number of nitrogens with zero attached hydrogens (tertiary/aromatic N) is 1. The van der Waals surface area contributed by atoms with Crippen molar-refractivity contribution in [1.82, 2.24) is 5.43 Å². The Morgan fingerprint density at radius 3 is 2.83 bits per heavy atom. The lowest BCUT2D eigenvalue weighted by Crippen LogP contribution is -2.07. The molecule has 2 aromatic rings. The van der Waals surface area contributed by atoms with Crippen LogP contribution in [0.1, 0.15) is 11.1 Å². The van der Waals surface area contributed by atoms with Gasteiger partial charge in [-0.1, -0.05) is 46.8 Å². The molecule has 0 unspecified atom stereocenters. The van der Waals surface area contributed by atoms with Crippen molar-refractivity contribution in [2.45, 2.75) is 6.54 Å². The summed E-state index contributed by atoms with van der Waals surface area (Å²) in [6, 6.07) is 13.6. The summed E-state index contributed by atoms with van der Waals surface area (Å²) >= 11 is 3.45.